The average Bonchev–Trinajstić information content (AvgIpc) is 2.96. The van der Waals surface area contributed by atoms with Gasteiger partial charge < -0.3 is 19.2 Å². The van der Waals surface area contributed by atoms with Gasteiger partial charge in [-0.15, -0.1) is 0 Å². The van der Waals surface area contributed by atoms with Crippen LogP contribution in [-0.2, 0) is 4.74 Å². The summed E-state index contributed by atoms with van der Waals surface area (Å²) in [6, 6.07) is 10.9. The Labute approximate surface area is 117 Å². The van der Waals surface area contributed by atoms with Crippen LogP contribution in [0.4, 0.5) is 5.69 Å². The molecule has 0 fully saturated rings. The van der Waals surface area contributed by atoms with Crippen LogP contribution < -0.4 is 10.1 Å². The van der Waals surface area contributed by atoms with Gasteiger partial charge in [0.15, 0.2) is 0 Å². The van der Waals surface area contributed by atoms with Crippen LogP contribution in [0.25, 0.3) is 0 Å². The lowest BCUT2D eigenvalue weighted by Crippen LogP contribution is -2.06. The van der Waals surface area contributed by atoms with Gasteiger partial charge in [-0.05, 0) is 31.2 Å². The van der Waals surface area contributed by atoms with Gasteiger partial charge in [-0.2, -0.15) is 0 Å². The molecule has 0 saturated carbocycles. The molecule has 1 unspecified atom stereocenters. The lowest BCUT2D eigenvalue weighted by Gasteiger charge is -2.13. The molecule has 0 aliphatic rings. The minimum atomic E-state index is -0.482. The molecule has 1 aromatic carbocycles. The van der Waals surface area contributed by atoms with Gasteiger partial charge in [0.25, 0.3) is 0 Å². The first-order valence-corrected chi connectivity index (χ1v) is 6.22. The van der Waals surface area contributed by atoms with E-state index in [0.717, 1.165) is 11.4 Å². The Morgan fingerprint density at radius 2 is 2.05 bits per heavy atom. The highest BCUT2D eigenvalue weighted by Crippen LogP contribution is 2.24. The number of hydrogen-bond donors (Lipinski definition) is 1. The largest absolute Gasteiger partial charge is 0.497 e. The fourth-order valence-electron chi connectivity index (χ4n) is 1.83. The van der Waals surface area contributed by atoms with Gasteiger partial charge in [-0.25, -0.2) is 4.79 Å². The van der Waals surface area contributed by atoms with Crippen molar-refractivity contribution in [3.05, 3.63) is 47.9 Å². The molecule has 5 nitrogen and oxygen atoms in total. The van der Waals surface area contributed by atoms with Crippen LogP contribution in [0, 0.1) is 0 Å². The SMILES string of the molecule is COC(=O)c1ccc(C(C)Nc2cccc(OC)c2)o1. The Morgan fingerprint density at radius 1 is 1.25 bits per heavy atom. The van der Waals surface area contributed by atoms with Crippen LogP contribution in [0.15, 0.2) is 40.8 Å². The van der Waals surface area contributed by atoms with E-state index in [-0.39, 0.29) is 11.8 Å². The number of nitrogens with one attached hydrogen (secondary N) is 1. The zero-order chi connectivity index (χ0) is 14.5. The fraction of sp³-hybridized carbons (Fsp3) is 0.267. The van der Waals surface area contributed by atoms with Crippen LogP contribution in [0.5, 0.6) is 5.75 Å². The van der Waals surface area contributed by atoms with E-state index in [1.807, 2.05) is 31.2 Å². The van der Waals surface area contributed by atoms with Crippen molar-refractivity contribution in [3.63, 3.8) is 0 Å². The summed E-state index contributed by atoms with van der Waals surface area (Å²) in [5.74, 6) is 1.15. The zero-order valence-electron chi connectivity index (χ0n) is 11.7. The minimum absolute atomic E-state index is 0.0829. The standard InChI is InChI=1S/C15H17NO4/c1-10(13-7-8-14(20-13)15(17)19-3)16-11-5-4-6-12(9-11)18-2/h4-10,16H,1-3H3. The summed E-state index contributed by atoms with van der Waals surface area (Å²) in [5.41, 5.74) is 0.910. The van der Waals surface area contributed by atoms with Crippen molar-refractivity contribution in [1.82, 2.24) is 0 Å². The van der Waals surface area contributed by atoms with E-state index < -0.39 is 5.97 Å². The minimum Gasteiger partial charge on any atom is -0.497 e. The summed E-state index contributed by atoms with van der Waals surface area (Å²) in [6.45, 7) is 1.94. The second-order valence-corrected chi connectivity index (χ2v) is 4.29. The third-order valence-corrected chi connectivity index (χ3v) is 2.89. The highest BCUT2D eigenvalue weighted by molar-refractivity contribution is 5.86. The van der Waals surface area contributed by atoms with E-state index in [1.165, 1.54) is 7.11 Å². The summed E-state index contributed by atoms with van der Waals surface area (Å²) in [7, 11) is 2.94. The first kappa shape index (κ1) is 14.0. The quantitative estimate of drug-likeness (QED) is 0.849. The number of furan rings is 1. The number of esters is 1. The molecular formula is C15H17NO4. The second kappa shape index (κ2) is 6.14. The Kier molecular flexibility index (Phi) is 4.30. The molecule has 0 aliphatic carbocycles. The van der Waals surface area contributed by atoms with Gasteiger partial charge >= 0.3 is 5.97 Å². The lowest BCUT2D eigenvalue weighted by atomic mass is 10.2. The van der Waals surface area contributed by atoms with Gasteiger partial charge in [0.05, 0.1) is 20.3 Å². The van der Waals surface area contributed by atoms with Crippen molar-refractivity contribution in [2.24, 2.45) is 0 Å². The molecule has 2 aromatic rings. The zero-order valence-corrected chi connectivity index (χ0v) is 11.7. The fourth-order valence-corrected chi connectivity index (χ4v) is 1.83. The third kappa shape index (κ3) is 3.12. The first-order chi connectivity index (χ1) is 9.63. The Morgan fingerprint density at radius 3 is 2.75 bits per heavy atom. The van der Waals surface area contributed by atoms with Crippen molar-refractivity contribution >= 4 is 11.7 Å². The van der Waals surface area contributed by atoms with Crippen molar-refractivity contribution in [3.8, 4) is 5.75 Å². The Hall–Kier alpha value is -2.43. The average molecular weight is 275 g/mol. The van der Waals surface area contributed by atoms with Crippen LogP contribution >= 0.6 is 0 Å². The molecule has 0 radical (unpaired) electrons. The van der Waals surface area contributed by atoms with Crippen molar-refractivity contribution in [2.75, 3.05) is 19.5 Å². The number of anilines is 1. The number of methoxy groups -OCH3 is 2. The number of carbonyl (C=O) groups excluding carboxylic acids is 1. The molecule has 1 aromatic heterocycles. The molecule has 1 atom stereocenters. The van der Waals surface area contributed by atoms with E-state index in [4.69, 9.17) is 9.15 Å². The summed E-state index contributed by atoms with van der Waals surface area (Å²) < 4.78 is 15.2. The van der Waals surface area contributed by atoms with Crippen molar-refractivity contribution < 1.29 is 18.7 Å². The topological polar surface area (TPSA) is 60.7 Å². The molecule has 0 bridgehead atoms. The maximum Gasteiger partial charge on any atom is 0.373 e. The number of rotatable bonds is 5. The first-order valence-electron chi connectivity index (χ1n) is 6.22. The van der Waals surface area contributed by atoms with E-state index >= 15 is 0 Å². The molecule has 20 heavy (non-hydrogen) atoms. The van der Waals surface area contributed by atoms with Gasteiger partial charge in [-0.1, -0.05) is 6.07 Å². The monoisotopic (exact) mass is 275 g/mol. The van der Waals surface area contributed by atoms with E-state index in [0.29, 0.717) is 5.76 Å². The number of hydrogen-bond acceptors (Lipinski definition) is 5. The molecule has 5 heteroatoms. The van der Waals surface area contributed by atoms with Crippen LogP contribution in [0.1, 0.15) is 29.3 Å². The lowest BCUT2D eigenvalue weighted by molar-refractivity contribution is 0.0562. The molecule has 106 valence electrons. The smallest absolute Gasteiger partial charge is 0.373 e. The summed E-state index contributed by atoms with van der Waals surface area (Å²) in [5, 5.41) is 3.28. The molecule has 0 amide bonds. The van der Waals surface area contributed by atoms with Gasteiger partial charge in [-0.3, -0.25) is 0 Å². The normalized spacial score (nSPS) is 11.8. The Bertz CT molecular complexity index is 591. The number of benzene rings is 1. The maximum atomic E-state index is 11.3. The van der Waals surface area contributed by atoms with E-state index in [9.17, 15) is 4.79 Å². The highest BCUT2D eigenvalue weighted by atomic mass is 16.5. The van der Waals surface area contributed by atoms with Gasteiger partial charge in [0.1, 0.15) is 11.5 Å². The third-order valence-electron chi connectivity index (χ3n) is 2.89. The predicted octanol–water partition coefficient (Wildman–Crippen LogP) is 3.25. The molecular weight excluding hydrogens is 258 g/mol. The van der Waals surface area contributed by atoms with Crippen LogP contribution in [0.3, 0.4) is 0 Å². The van der Waals surface area contributed by atoms with Crippen LogP contribution in [-0.4, -0.2) is 20.2 Å². The second-order valence-electron chi connectivity index (χ2n) is 4.29. The van der Waals surface area contributed by atoms with Gasteiger partial charge in [0.2, 0.25) is 5.76 Å². The molecule has 1 N–H and O–H groups in total. The Balaban J connectivity index is 2.09. The van der Waals surface area contributed by atoms with Crippen molar-refractivity contribution in [2.45, 2.75) is 13.0 Å². The maximum absolute atomic E-state index is 11.3. The van der Waals surface area contributed by atoms with Crippen molar-refractivity contribution in [1.29, 1.82) is 0 Å². The number of ether oxygens (including phenoxy) is 2. The van der Waals surface area contributed by atoms with Gasteiger partial charge in [0, 0.05) is 11.8 Å². The van der Waals surface area contributed by atoms with E-state index in [1.54, 1.807) is 19.2 Å². The summed E-state index contributed by atoms with van der Waals surface area (Å²) in [6.07, 6.45) is 0. The molecule has 2 rings (SSSR count). The molecule has 0 aliphatic heterocycles. The molecule has 0 saturated heterocycles. The summed E-state index contributed by atoms with van der Waals surface area (Å²) in [4.78, 5) is 11.3. The predicted molar refractivity (Wildman–Crippen MR) is 75.1 cm³/mol. The summed E-state index contributed by atoms with van der Waals surface area (Å²) >= 11 is 0. The van der Waals surface area contributed by atoms with E-state index in [2.05, 4.69) is 10.1 Å². The highest BCUT2D eigenvalue weighted by Gasteiger charge is 2.15. The molecule has 0 spiro atoms. The number of carbonyl (C=O) groups is 1. The van der Waals surface area contributed by atoms with Crippen LogP contribution in [0.2, 0.25) is 0 Å². The molecule has 1 heterocycles.